The van der Waals surface area contributed by atoms with E-state index in [4.69, 9.17) is 15.2 Å². The molecular formula is C14H22BrNO2. The molecule has 0 amide bonds. The van der Waals surface area contributed by atoms with Crippen molar-refractivity contribution in [1.82, 2.24) is 0 Å². The van der Waals surface area contributed by atoms with Gasteiger partial charge in [0.15, 0.2) is 0 Å². The molecule has 0 unspecified atom stereocenters. The zero-order valence-corrected chi connectivity index (χ0v) is 12.7. The van der Waals surface area contributed by atoms with Crippen molar-refractivity contribution in [2.75, 3.05) is 19.8 Å². The van der Waals surface area contributed by atoms with Crippen LogP contribution in [0.25, 0.3) is 0 Å². The third-order valence-corrected chi connectivity index (χ3v) is 3.17. The van der Waals surface area contributed by atoms with Gasteiger partial charge in [0.25, 0.3) is 0 Å². The van der Waals surface area contributed by atoms with E-state index in [1.165, 1.54) is 0 Å². The van der Waals surface area contributed by atoms with E-state index in [0.717, 1.165) is 22.2 Å². The van der Waals surface area contributed by atoms with E-state index in [0.29, 0.717) is 32.3 Å². The summed E-state index contributed by atoms with van der Waals surface area (Å²) in [7, 11) is 0. The van der Waals surface area contributed by atoms with Crippen molar-refractivity contribution in [3.8, 4) is 0 Å². The monoisotopic (exact) mass is 315 g/mol. The fraction of sp³-hybridized carbons (Fsp3) is 0.571. The van der Waals surface area contributed by atoms with E-state index in [-0.39, 0.29) is 0 Å². The van der Waals surface area contributed by atoms with Gasteiger partial charge in [-0.05, 0) is 23.1 Å². The van der Waals surface area contributed by atoms with Crippen molar-refractivity contribution in [1.29, 1.82) is 0 Å². The first kappa shape index (κ1) is 15.6. The number of hydrogen-bond donors (Lipinski definition) is 1. The summed E-state index contributed by atoms with van der Waals surface area (Å²) in [6.45, 7) is 7.49. The first-order chi connectivity index (χ1) is 8.63. The van der Waals surface area contributed by atoms with Crippen LogP contribution in [0.4, 0.5) is 0 Å². The van der Waals surface area contributed by atoms with Crippen molar-refractivity contribution >= 4 is 15.9 Å². The Hall–Kier alpha value is -0.420. The van der Waals surface area contributed by atoms with Crippen molar-refractivity contribution in [2.45, 2.75) is 27.0 Å². The molecule has 2 N–H and O–H groups in total. The quantitative estimate of drug-likeness (QED) is 0.750. The summed E-state index contributed by atoms with van der Waals surface area (Å²) >= 11 is 3.52. The van der Waals surface area contributed by atoms with Crippen LogP contribution in [-0.4, -0.2) is 19.8 Å². The van der Waals surface area contributed by atoms with E-state index in [1.807, 2.05) is 18.2 Å². The molecule has 0 aliphatic carbocycles. The summed E-state index contributed by atoms with van der Waals surface area (Å²) in [6, 6.07) is 6.11. The lowest BCUT2D eigenvalue weighted by molar-refractivity contribution is 0.0313. The average Bonchev–Trinajstić information content (AvgIpc) is 2.34. The minimum Gasteiger partial charge on any atom is -0.379 e. The van der Waals surface area contributed by atoms with Gasteiger partial charge >= 0.3 is 0 Å². The molecule has 1 rings (SSSR count). The second kappa shape index (κ2) is 8.64. The van der Waals surface area contributed by atoms with Crippen LogP contribution in [0.3, 0.4) is 0 Å². The van der Waals surface area contributed by atoms with Gasteiger partial charge in [0, 0.05) is 17.6 Å². The molecule has 102 valence electrons. The molecule has 3 nitrogen and oxygen atoms in total. The predicted molar refractivity (Wildman–Crippen MR) is 77.3 cm³/mol. The minimum atomic E-state index is 0.558. The Morgan fingerprint density at radius 3 is 2.56 bits per heavy atom. The van der Waals surface area contributed by atoms with E-state index < -0.39 is 0 Å². The SMILES string of the molecule is CC(C)COCCOCc1ccc(CN)cc1Br. The highest BCUT2D eigenvalue weighted by atomic mass is 79.9. The van der Waals surface area contributed by atoms with Gasteiger partial charge in [0.2, 0.25) is 0 Å². The van der Waals surface area contributed by atoms with E-state index in [2.05, 4.69) is 29.8 Å². The maximum Gasteiger partial charge on any atom is 0.0728 e. The predicted octanol–water partition coefficient (Wildman–Crippen LogP) is 3.10. The molecule has 1 aromatic rings. The largest absolute Gasteiger partial charge is 0.379 e. The van der Waals surface area contributed by atoms with Crippen molar-refractivity contribution in [3.63, 3.8) is 0 Å². The van der Waals surface area contributed by atoms with E-state index in [9.17, 15) is 0 Å². The highest BCUT2D eigenvalue weighted by Gasteiger charge is 2.01. The van der Waals surface area contributed by atoms with Crippen LogP contribution in [0.5, 0.6) is 0 Å². The molecule has 1 aromatic carbocycles. The summed E-state index contributed by atoms with van der Waals surface area (Å²) in [5.74, 6) is 0.572. The molecule has 0 saturated carbocycles. The summed E-state index contributed by atoms with van der Waals surface area (Å²) in [6.07, 6.45) is 0. The van der Waals surface area contributed by atoms with Gasteiger partial charge in [0.1, 0.15) is 0 Å². The van der Waals surface area contributed by atoms with Crippen LogP contribution in [0.2, 0.25) is 0 Å². The molecule has 0 bridgehead atoms. The number of halogens is 1. The van der Waals surface area contributed by atoms with Crippen molar-refractivity contribution in [2.24, 2.45) is 11.7 Å². The Morgan fingerprint density at radius 2 is 1.94 bits per heavy atom. The Labute approximate surface area is 118 Å². The first-order valence-electron chi connectivity index (χ1n) is 6.26. The first-order valence-corrected chi connectivity index (χ1v) is 7.05. The van der Waals surface area contributed by atoms with Gasteiger partial charge in [-0.15, -0.1) is 0 Å². The molecule has 0 radical (unpaired) electrons. The van der Waals surface area contributed by atoms with Crippen LogP contribution in [0, 0.1) is 5.92 Å². The fourth-order valence-electron chi connectivity index (χ4n) is 1.45. The number of rotatable bonds is 8. The highest BCUT2D eigenvalue weighted by Crippen LogP contribution is 2.19. The van der Waals surface area contributed by atoms with Gasteiger partial charge in [-0.2, -0.15) is 0 Å². The Kier molecular flexibility index (Phi) is 7.51. The third-order valence-electron chi connectivity index (χ3n) is 2.43. The van der Waals surface area contributed by atoms with Crippen LogP contribution in [-0.2, 0) is 22.6 Å². The maximum absolute atomic E-state index is 5.58. The molecule has 4 heteroatoms. The summed E-state index contributed by atoms with van der Waals surface area (Å²) in [5, 5.41) is 0. The van der Waals surface area contributed by atoms with Gasteiger partial charge in [-0.3, -0.25) is 0 Å². The summed E-state index contributed by atoms with van der Waals surface area (Å²) in [5.41, 5.74) is 7.83. The van der Waals surface area contributed by atoms with E-state index >= 15 is 0 Å². The highest BCUT2D eigenvalue weighted by molar-refractivity contribution is 9.10. The molecular weight excluding hydrogens is 294 g/mol. The molecule has 0 saturated heterocycles. The Balaban J connectivity index is 2.23. The topological polar surface area (TPSA) is 44.5 Å². The standard InChI is InChI=1S/C14H22BrNO2/c1-11(2)9-17-5-6-18-10-13-4-3-12(8-16)7-14(13)15/h3-4,7,11H,5-6,8-10,16H2,1-2H3. The molecule has 0 fully saturated rings. The third kappa shape index (κ3) is 5.96. The number of nitrogens with two attached hydrogens (primary N) is 1. The zero-order chi connectivity index (χ0) is 13.4. The molecule has 0 aliphatic rings. The molecule has 0 aliphatic heterocycles. The molecule has 0 spiro atoms. The maximum atomic E-state index is 5.58. The summed E-state index contributed by atoms with van der Waals surface area (Å²) in [4.78, 5) is 0. The second-order valence-corrected chi connectivity index (χ2v) is 5.51. The summed E-state index contributed by atoms with van der Waals surface area (Å²) < 4.78 is 12.1. The van der Waals surface area contributed by atoms with Crippen LogP contribution >= 0.6 is 15.9 Å². The van der Waals surface area contributed by atoms with Gasteiger partial charge in [0.05, 0.1) is 19.8 Å². The minimum absolute atomic E-state index is 0.558. The smallest absolute Gasteiger partial charge is 0.0728 e. The zero-order valence-electron chi connectivity index (χ0n) is 11.1. The van der Waals surface area contributed by atoms with Gasteiger partial charge < -0.3 is 15.2 Å². The number of benzene rings is 1. The molecule has 0 atom stereocenters. The van der Waals surface area contributed by atoms with Gasteiger partial charge in [-0.25, -0.2) is 0 Å². The lowest BCUT2D eigenvalue weighted by Crippen LogP contribution is -2.08. The molecule has 0 heterocycles. The Morgan fingerprint density at radius 1 is 1.22 bits per heavy atom. The van der Waals surface area contributed by atoms with E-state index in [1.54, 1.807) is 0 Å². The fourth-order valence-corrected chi connectivity index (χ4v) is 1.99. The number of hydrogen-bond acceptors (Lipinski definition) is 3. The van der Waals surface area contributed by atoms with Crippen LogP contribution in [0.1, 0.15) is 25.0 Å². The normalized spacial score (nSPS) is 11.2. The van der Waals surface area contributed by atoms with Crippen molar-refractivity contribution in [3.05, 3.63) is 33.8 Å². The average molecular weight is 316 g/mol. The van der Waals surface area contributed by atoms with Crippen LogP contribution < -0.4 is 5.73 Å². The Bertz CT molecular complexity index is 356. The lowest BCUT2D eigenvalue weighted by Gasteiger charge is -2.09. The molecule has 18 heavy (non-hydrogen) atoms. The molecule has 0 aromatic heterocycles. The number of ether oxygens (including phenoxy) is 2. The van der Waals surface area contributed by atoms with Crippen molar-refractivity contribution < 1.29 is 9.47 Å². The van der Waals surface area contributed by atoms with Crippen LogP contribution in [0.15, 0.2) is 22.7 Å². The second-order valence-electron chi connectivity index (χ2n) is 4.65. The lowest BCUT2D eigenvalue weighted by atomic mass is 10.1. The van der Waals surface area contributed by atoms with Gasteiger partial charge in [-0.1, -0.05) is 41.9 Å².